The van der Waals surface area contributed by atoms with E-state index in [1.165, 1.54) is 54.4 Å². The molecule has 2 nitrogen and oxygen atoms in total. The molecule has 0 aliphatic carbocycles. The van der Waals surface area contributed by atoms with E-state index in [1.807, 2.05) is 25.3 Å². The molecule has 0 saturated carbocycles. The lowest BCUT2D eigenvalue weighted by atomic mass is 10.0. The summed E-state index contributed by atoms with van der Waals surface area (Å²) in [4.78, 5) is 4.70. The van der Waals surface area contributed by atoms with Gasteiger partial charge in [0.15, 0.2) is 0 Å². The maximum atomic E-state index is 5.51. The van der Waals surface area contributed by atoms with Crippen molar-refractivity contribution >= 4 is 0 Å². The molecule has 0 radical (unpaired) electrons. The molecule has 1 aromatic heterocycles. The minimum absolute atomic E-state index is 0.707. The van der Waals surface area contributed by atoms with E-state index in [1.54, 1.807) is 0 Å². The van der Waals surface area contributed by atoms with Gasteiger partial charge in [-0.2, -0.15) is 0 Å². The average Bonchev–Trinajstić information content (AvgIpc) is 2.77. The summed E-state index contributed by atoms with van der Waals surface area (Å²) in [6, 6.07) is 21.7. The zero-order valence-electron chi connectivity index (χ0n) is 17.9. The van der Waals surface area contributed by atoms with Gasteiger partial charge in [-0.3, -0.25) is 4.98 Å². The van der Waals surface area contributed by atoms with E-state index >= 15 is 0 Å². The molecule has 152 valence electrons. The van der Waals surface area contributed by atoms with E-state index in [2.05, 4.69) is 55.5 Å². The van der Waals surface area contributed by atoms with Crippen molar-refractivity contribution in [2.24, 2.45) is 0 Å². The molecule has 0 fully saturated rings. The summed E-state index contributed by atoms with van der Waals surface area (Å²) in [5.74, 6) is 0.939. The van der Waals surface area contributed by atoms with Gasteiger partial charge in [0.2, 0.25) is 0 Å². The smallest absolute Gasteiger partial charge is 0.119 e. The third kappa shape index (κ3) is 6.74. The summed E-state index contributed by atoms with van der Waals surface area (Å²) in [5.41, 5.74) is 6.27. The Morgan fingerprint density at radius 3 is 1.97 bits per heavy atom. The lowest BCUT2D eigenvalue weighted by Crippen LogP contribution is -1.95. The summed E-state index contributed by atoms with van der Waals surface area (Å²) >= 11 is 0. The number of aryl methyl sites for hydroxylation is 3. The van der Waals surface area contributed by atoms with Gasteiger partial charge < -0.3 is 4.74 Å². The molecule has 1 heterocycles. The van der Waals surface area contributed by atoms with Crippen molar-refractivity contribution in [1.82, 2.24) is 4.98 Å². The molecular formula is C27H33NO. The lowest BCUT2D eigenvalue weighted by Gasteiger charge is -2.07. The topological polar surface area (TPSA) is 22.1 Å². The van der Waals surface area contributed by atoms with Crippen molar-refractivity contribution in [3.8, 4) is 17.0 Å². The number of nitrogens with zero attached hydrogens (tertiary/aromatic N) is 1. The number of aromatic nitrogens is 1. The molecule has 0 unspecified atom stereocenters. The number of hydrogen-bond donors (Lipinski definition) is 0. The molecule has 3 rings (SSSR count). The van der Waals surface area contributed by atoms with Crippen molar-refractivity contribution in [2.75, 3.05) is 6.61 Å². The van der Waals surface area contributed by atoms with Crippen LogP contribution in [0.5, 0.6) is 5.75 Å². The predicted octanol–water partition coefficient (Wildman–Crippen LogP) is 7.06. The summed E-state index contributed by atoms with van der Waals surface area (Å²) in [5, 5.41) is 0. The molecule has 2 aromatic carbocycles. The standard InChI is InChI=1S/C27H33NO/c1-3-5-6-7-8-22-11-16-25(17-12-22)27-20-15-24(21-28-27)10-9-23-13-18-26(19-14-23)29-4-2/h11-21H,3-10H2,1-2H3. The number of unbranched alkanes of at least 4 members (excludes halogenated alkanes) is 3. The van der Waals surface area contributed by atoms with Gasteiger partial charge in [0.05, 0.1) is 12.3 Å². The monoisotopic (exact) mass is 387 g/mol. The van der Waals surface area contributed by atoms with Gasteiger partial charge in [-0.1, -0.05) is 68.7 Å². The van der Waals surface area contributed by atoms with Crippen molar-refractivity contribution in [2.45, 2.75) is 58.8 Å². The highest BCUT2D eigenvalue weighted by molar-refractivity contribution is 5.59. The largest absolute Gasteiger partial charge is 0.494 e. The van der Waals surface area contributed by atoms with E-state index in [0.717, 1.165) is 24.3 Å². The first-order valence-electron chi connectivity index (χ1n) is 11.0. The highest BCUT2D eigenvalue weighted by atomic mass is 16.5. The molecule has 3 aromatic rings. The highest BCUT2D eigenvalue weighted by Crippen LogP contribution is 2.20. The van der Waals surface area contributed by atoms with Gasteiger partial charge in [-0.15, -0.1) is 0 Å². The van der Waals surface area contributed by atoms with Crippen LogP contribution in [-0.4, -0.2) is 11.6 Å². The van der Waals surface area contributed by atoms with Crippen LogP contribution < -0.4 is 4.74 Å². The van der Waals surface area contributed by atoms with Crippen LogP contribution in [0.2, 0.25) is 0 Å². The quantitative estimate of drug-likeness (QED) is 0.329. The molecule has 0 N–H and O–H groups in total. The van der Waals surface area contributed by atoms with E-state index in [-0.39, 0.29) is 0 Å². The first-order chi connectivity index (χ1) is 14.3. The Balaban J connectivity index is 1.51. The third-order valence-electron chi connectivity index (χ3n) is 5.33. The van der Waals surface area contributed by atoms with Gasteiger partial charge in [0.1, 0.15) is 5.75 Å². The summed E-state index contributed by atoms with van der Waals surface area (Å²) in [6.45, 7) is 4.97. The number of rotatable bonds is 11. The van der Waals surface area contributed by atoms with E-state index in [4.69, 9.17) is 9.72 Å². The number of ether oxygens (including phenoxy) is 1. The van der Waals surface area contributed by atoms with Crippen LogP contribution in [0.15, 0.2) is 66.9 Å². The molecule has 2 heteroatoms. The van der Waals surface area contributed by atoms with Crippen molar-refractivity contribution in [3.05, 3.63) is 83.6 Å². The van der Waals surface area contributed by atoms with Crippen LogP contribution >= 0.6 is 0 Å². The molecule has 29 heavy (non-hydrogen) atoms. The van der Waals surface area contributed by atoms with E-state index in [9.17, 15) is 0 Å². The summed E-state index contributed by atoms with van der Waals surface area (Å²) in [7, 11) is 0. The second-order valence-electron chi connectivity index (χ2n) is 7.64. The van der Waals surface area contributed by atoms with Crippen LogP contribution in [0.3, 0.4) is 0 Å². The molecule has 0 bridgehead atoms. The number of pyridine rings is 1. The minimum atomic E-state index is 0.707. The van der Waals surface area contributed by atoms with Crippen molar-refractivity contribution < 1.29 is 4.74 Å². The van der Waals surface area contributed by atoms with Crippen LogP contribution in [0.25, 0.3) is 11.3 Å². The van der Waals surface area contributed by atoms with Crippen LogP contribution in [0.4, 0.5) is 0 Å². The third-order valence-corrected chi connectivity index (χ3v) is 5.33. The molecular weight excluding hydrogens is 354 g/mol. The second kappa shape index (κ2) is 11.4. The summed E-state index contributed by atoms with van der Waals surface area (Å²) in [6.07, 6.45) is 10.5. The molecule has 0 atom stereocenters. The fourth-order valence-electron chi connectivity index (χ4n) is 3.55. The van der Waals surface area contributed by atoms with Crippen molar-refractivity contribution in [3.63, 3.8) is 0 Å². The van der Waals surface area contributed by atoms with Crippen LogP contribution in [0.1, 0.15) is 56.2 Å². The highest BCUT2D eigenvalue weighted by Gasteiger charge is 2.02. The Hall–Kier alpha value is -2.61. The number of hydrogen-bond acceptors (Lipinski definition) is 2. The lowest BCUT2D eigenvalue weighted by molar-refractivity contribution is 0.340. The maximum absolute atomic E-state index is 5.51. The Kier molecular flexibility index (Phi) is 8.30. The normalized spacial score (nSPS) is 10.8. The zero-order valence-corrected chi connectivity index (χ0v) is 17.9. The fraction of sp³-hybridized carbons (Fsp3) is 0.370. The van der Waals surface area contributed by atoms with Crippen LogP contribution in [0, 0.1) is 0 Å². The van der Waals surface area contributed by atoms with Gasteiger partial charge in [0.25, 0.3) is 0 Å². The molecule has 0 saturated heterocycles. The predicted molar refractivity (Wildman–Crippen MR) is 123 cm³/mol. The van der Waals surface area contributed by atoms with E-state index in [0.29, 0.717) is 6.61 Å². The van der Waals surface area contributed by atoms with E-state index < -0.39 is 0 Å². The second-order valence-corrected chi connectivity index (χ2v) is 7.64. The van der Waals surface area contributed by atoms with Crippen molar-refractivity contribution in [1.29, 1.82) is 0 Å². The Morgan fingerprint density at radius 1 is 0.655 bits per heavy atom. The molecule has 0 amide bonds. The molecule has 0 aliphatic rings. The van der Waals surface area contributed by atoms with Gasteiger partial charge in [-0.25, -0.2) is 0 Å². The SMILES string of the molecule is CCCCCCc1ccc(-c2ccc(CCc3ccc(OCC)cc3)cn2)cc1. The number of benzene rings is 2. The Labute approximate surface area is 176 Å². The van der Waals surface area contributed by atoms with Crippen LogP contribution in [-0.2, 0) is 19.3 Å². The minimum Gasteiger partial charge on any atom is -0.494 e. The summed E-state index contributed by atoms with van der Waals surface area (Å²) < 4.78 is 5.51. The fourth-order valence-corrected chi connectivity index (χ4v) is 3.55. The first-order valence-corrected chi connectivity index (χ1v) is 11.0. The van der Waals surface area contributed by atoms with Gasteiger partial charge >= 0.3 is 0 Å². The molecule has 0 spiro atoms. The zero-order chi connectivity index (χ0) is 20.3. The average molecular weight is 388 g/mol. The molecule has 0 aliphatic heterocycles. The van der Waals surface area contributed by atoms with Gasteiger partial charge in [0, 0.05) is 11.8 Å². The maximum Gasteiger partial charge on any atom is 0.119 e. The first kappa shape index (κ1) is 21.1. The Bertz CT molecular complexity index is 835. The van der Waals surface area contributed by atoms with Gasteiger partial charge in [-0.05, 0) is 67.5 Å². The Morgan fingerprint density at radius 2 is 1.31 bits per heavy atom.